The monoisotopic (exact) mass is 301 g/mol. The summed E-state index contributed by atoms with van der Waals surface area (Å²) in [6, 6.07) is 2.40. The molecular weight excluding hydrogens is 293 g/mol. The Kier molecular flexibility index (Phi) is 3.01. The van der Waals surface area contributed by atoms with Gasteiger partial charge in [-0.25, -0.2) is 4.39 Å². The number of β-amino-alcohol motifs (C(OH)–C–C–N with tert-alkyl or cyclic N) is 1. The maximum absolute atomic E-state index is 13.4. The van der Waals surface area contributed by atoms with E-state index in [4.69, 9.17) is 0 Å². The highest BCUT2D eigenvalue weighted by Gasteiger charge is 2.37. The minimum atomic E-state index is -0.788. The molecule has 1 aromatic rings. The number of carbonyl (C=O) groups excluding carboxylic acids is 2. The van der Waals surface area contributed by atoms with Crippen molar-refractivity contribution in [3.63, 3.8) is 0 Å². The van der Waals surface area contributed by atoms with Crippen LogP contribution in [0, 0.1) is 5.82 Å². The van der Waals surface area contributed by atoms with Crippen molar-refractivity contribution in [1.29, 1.82) is 0 Å². The molecule has 0 bridgehead atoms. The van der Waals surface area contributed by atoms with Gasteiger partial charge in [0.15, 0.2) is 0 Å². The number of anilines is 1. The molecule has 1 aliphatic rings. The quantitative estimate of drug-likeness (QED) is 0.842. The molecule has 0 fully saturated rings. The maximum atomic E-state index is 13.4. The van der Waals surface area contributed by atoms with E-state index in [2.05, 4.69) is 15.9 Å². The van der Waals surface area contributed by atoms with Gasteiger partial charge in [-0.1, -0.05) is 0 Å². The lowest BCUT2D eigenvalue weighted by Gasteiger charge is -2.18. The summed E-state index contributed by atoms with van der Waals surface area (Å²) in [7, 11) is 0. The van der Waals surface area contributed by atoms with Crippen LogP contribution >= 0.6 is 15.9 Å². The lowest BCUT2D eigenvalue weighted by atomic mass is 10.1. The van der Waals surface area contributed by atoms with Gasteiger partial charge in [0.25, 0.3) is 11.7 Å². The number of halogens is 2. The second-order valence-corrected chi connectivity index (χ2v) is 4.73. The van der Waals surface area contributed by atoms with Crippen LogP contribution < -0.4 is 4.90 Å². The van der Waals surface area contributed by atoms with Crippen molar-refractivity contribution in [2.75, 3.05) is 11.4 Å². The minimum absolute atomic E-state index is 0.0291. The normalized spacial score (nSPS) is 16.4. The third kappa shape index (κ3) is 1.98. The number of aliphatic hydroxyl groups excluding tert-OH is 1. The smallest absolute Gasteiger partial charge is 0.299 e. The second kappa shape index (κ2) is 4.19. The summed E-state index contributed by atoms with van der Waals surface area (Å²) in [6.45, 7) is 1.46. The van der Waals surface area contributed by atoms with E-state index in [0.717, 1.165) is 11.0 Å². The van der Waals surface area contributed by atoms with E-state index in [1.165, 1.54) is 13.0 Å². The first-order valence-electron chi connectivity index (χ1n) is 4.95. The van der Waals surface area contributed by atoms with Crippen LogP contribution in [0.25, 0.3) is 0 Å². The first kappa shape index (κ1) is 12.2. The lowest BCUT2D eigenvalue weighted by molar-refractivity contribution is -0.114. The largest absolute Gasteiger partial charge is 0.392 e. The second-order valence-electron chi connectivity index (χ2n) is 3.88. The molecular formula is C11H9BrFNO3. The first-order chi connectivity index (χ1) is 7.91. The molecule has 4 nitrogen and oxygen atoms in total. The lowest BCUT2D eigenvalue weighted by Crippen LogP contribution is -2.35. The molecule has 1 aliphatic heterocycles. The van der Waals surface area contributed by atoms with Crippen molar-refractivity contribution >= 4 is 33.3 Å². The zero-order valence-corrected chi connectivity index (χ0v) is 10.5. The van der Waals surface area contributed by atoms with Gasteiger partial charge in [-0.3, -0.25) is 9.59 Å². The molecule has 1 unspecified atom stereocenters. The SMILES string of the molecule is CC(O)CN1C(=O)C(=O)c2cc(Br)c(F)cc21. The number of aliphatic hydroxyl groups is 1. The van der Waals surface area contributed by atoms with Crippen LogP contribution in [0.2, 0.25) is 0 Å². The van der Waals surface area contributed by atoms with Crippen molar-refractivity contribution in [3.8, 4) is 0 Å². The highest BCUT2D eigenvalue weighted by atomic mass is 79.9. The molecule has 0 spiro atoms. The average Bonchev–Trinajstić information content (AvgIpc) is 2.45. The van der Waals surface area contributed by atoms with E-state index in [1.807, 2.05) is 0 Å². The van der Waals surface area contributed by atoms with E-state index in [-0.39, 0.29) is 22.3 Å². The van der Waals surface area contributed by atoms with E-state index in [1.54, 1.807) is 0 Å². The Balaban J connectivity index is 2.52. The predicted molar refractivity (Wildman–Crippen MR) is 62.5 cm³/mol. The van der Waals surface area contributed by atoms with Crippen molar-refractivity contribution in [3.05, 3.63) is 28.0 Å². The molecule has 1 heterocycles. The third-order valence-electron chi connectivity index (χ3n) is 2.46. The number of hydrogen-bond donors (Lipinski definition) is 1. The molecule has 1 atom stereocenters. The maximum Gasteiger partial charge on any atom is 0.299 e. The molecule has 6 heteroatoms. The third-order valence-corrected chi connectivity index (χ3v) is 3.07. The summed E-state index contributed by atoms with van der Waals surface area (Å²) >= 11 is 2.96. The number of rotatable bonds is 2. The Morgan fingerprint density at radius 2 is 2.12 bits per heavy atom. The summed E-state index contributed by atoms with van der Waals surface area (Å²) in [6.07, 6.45) is -0.788. The van der Waals surface area contributed by atoms with Crippen LogP contribution in [-0.2, 0) is 4.79 Å². The molecule has 90 valence electrons. The molecule has 0 aromatic heterocycles. The fraction of sp³-hybridized carbons (Fsp3) is 0.273. The van der Waals surface area contributed by atoms with Gasteiger partial charge in [0.05, 0.1) is 28.4 Å². The Labute approximate surface area is 105 Å². The fourth-order valence-corrected chi connectivity index (χ4v) is 2.08. The number of Topliss-reactive ketones (excluding diaryl/α,β-unsaturated/α-hetero) is 1. The number of carbonyl (C=O) groups is 2. The number of nitrogens with zero attached hydrogens (tertiary/aromatic N) is 1. The van der Waals surface area contributed by atoms with Gasteiger partial charge < -0.3 is 10.0 Å². The van der Waals surface area contributed by atoms with Gasteiger partial charge >= 0.3 is 0 Å². The summed E-state index contributed by atoms with van der Waals surface area (Å²) in [5.74, 6) is -1.97. The first-order valence-corrected chi connectivity index (χ1v) is 5.74. The number of benzene rings is 1. The summed E-state index contributed by atoms with van der Waals surface area (Å²) in [4.78, 5) is 24.4. The summed E-state index contributed by atoms with van der Waals surface area (Å²) in [5, 5.41) is 9.26. The number of ketones is 1. The summed E-state index contributed by atoms with van der Waals surface area (Å²) < 4.78 is 13.5. The van der Waals surface area contributed by atoms with E-state index < -0.39 is 23.6 Å². The summed E-state index contributed by atoms with van der Waals surface area (Å²) in [5.41, 5.74) is 0.366. The van der Waals surface area contributed by atoms with Crippen LogP contribution in [0.5, 0.6) is 0 Å². The fourth-order valence-electron chi connectivity index (χ4n) is 1.73. The predicted octanol–water partition coefficient (Wildman–Crippen LogP) is 1.50. The van der Waals surface area contributed by atoms with Crippen LogP contribution in [0.3, 0.4) is 0 Å². The van der Waals surface area contributed by atoms with Crippen LogP contribution in [-0.4, -0.2) is 29.4 Å². The van der Waals surface area contributed by atoms with Crippen LogP contribution in [0.1, 0.15) is 17.3 Å². The van der Waals surface area contributed by atoms with E-state index in [0.29, 0.717) is 0 Å². The topological polar surface area (TPSA) is 57.6 Å². The Morgan fingerprint density at radius 3 is 2.71 bits per heavy atom. The highest BCUT2D eigenvalue weighted by Crippen LogP contribution is 2.33. The Morgan fingerprint density at radius 1 is 1.47 bits per heavy atom. The standard InChI is InChI=1S/C11H9BrFNO3/c1-5(15)4-14-9-3-8(13)7(12)2-6(9)10(16)11(14)17/h2-3,5,15H,4H2,1H3. The molecule has 0 radical (unpaired) electrons. The molecule has 17 heavy (non-hydrogen) atoms. The van der Waals surface area contributed by atoms with Gasteiger partial charge in [0.1, 0.15) is 5.82 Å². The highest BCUT2D eigenvalue weighted by molar-refractivity contribution is 9.10. The average molecular weight is 302 g/mol. The van der Waals surface area contributed by atoms with Gasteiger partial charge in [0, 0.05) is 0 Å². The number of fused-ring (bicyclic) bond motifs is 1. The van der Waals surface area contributed by atoms with Crippen LogP contribution in [0.15, 0.2) is 16.6 Å². The Bertz CT molecular complexity index is 516. The van der Waals surface area contributed by atoms with Crippen molar-refractivity contribution in [2.45, 2.75) is 13.0 Å². The van der Waals surface area contributed by atoms with E-state index >= 15 is 0 Å². The Hall–Kier alpha value is -1.27. The molecule has 1 amide bonds. The molecule has 1 aromatic carbocycles. The minimum Gasteiger partial charge on any atom is -0.392 e. The number of hydrogen-bond acceptors (Lipinski definition) is 3. The molecule has 0 aliphatic carbocycles. The number of amides is 1. The molecule has 0 saturated carbocycles. The van der Waals surface area contributed by atoms with Gasteiger partial charge in [-0.2, -0.15) is 0 Å². The van der Waals surface area contributed by atoms with Crippen molar-refractivity contribution in [2.24, 2.45) is 0 Å². The molecule has 1 N–H and O–H groups in total. The van der Waals surface area contributed by atoms with Crippen molar-refractivity contribution in [1.82, 2.24) is 0 Å². The van der Waals surface area contributed by atoms with E-state index in [9.17, 15) is 19.1 Å². The van der Waals surface area contributed by atoms with Crippen LogP contribution in [0.4, 0.5) is 10.1 Å². The zero-order valence-electron chi connectivity index (χ0n) is 8.91. The van der Waals surface area contributed by atoms with Crippen molar-refractivity contribution < 1.29 is 19.1 Å². The van der Waals surface area contributed by atoms with Gasteiger partial charge in [0.2, 0.25) is 0 Å². The zero-order chi connectivity index (χ0) is 12.7. The molecule has 0 saturated heterocycles. The molecule has 2 rings (SSSR count). The van der Waals surface area contributed by atoms with Gasteiger partial charge in [-0.05, 0) is 35.0 Å². The van der Waals surface area contributed by atoms with Gasteiger partial charge in [-0.15, -0.1) is 0 Å².